The van der Waals surface area contributed by atoms with Crippen molar-refractivity contribution in [2.45, 2.75) is 13.0 Å². The fourth-order valence-corrected chi connectivity index (χ4v) is 3.96. The van der Waals surface area contributed by atoms with Gasteiger partial charge in [-0.05, 0) is 49.4 Å². The molecule has 0 aliphatic rings. The Bertz CT molecular complexity index is 1510. The summed E-state index contributed by atoms with van der Waals surface area (Å²) in [5.74, 6) is 0.519. The number of aromatic nitrogens is 2. The van der Waals surface area contributed by atoms with E-state index in [1.807, 2.05) is 0 Å². The largest absolute Gasteiger partial charge is 0.493 e. The van der Waals surface area contributed by atoms with Gasteiger partial charge in [-0.1, -0.05) is 29.8 Å². The Morgan fingerprint density at radius 1 is 0.941 bits per heavy atom. The number of anilines is 1. The molecule has 0 aliphatic heterocycles. The van der Waals surface area contributed by atoms with E-state index in [2.05, 4.69) is 5.32 Å². The van der Waals surface area contributed by atoms with Crippen LogP contribution in [0.25, 0.3) is 16.6 Å². The van der Waals surface area contributed by atoms with Crippen LogP contribution in [-0.2, 0) is 4.79 Å². The Kier molecular flexibility index (Phi) is 6.43. The van der Waals surface area contributed by atoms with Crippen molar-refractivity contribution in [3.05, 3.63) is 92.6 Å². The van der Waals surface area contributed by atoms with Crippen molar-refractivity contribution < 1.29 is 14.3 Å². The van der Waals surface area contributed by atoms with Gasteiger partial charge in [0.15, 0.2) is 11.5 Å². The Labute approximate surface area is 199 Å². The van der Waals surface area contributed by atoms with E-state index in [9.17, 15) is 14.4 Å². The van der Waals surface area contributed by atoms with E-state index in [1.165, 1.54) is 24.9 Å². The lowest BCUT2D eigenvalue weighted by atomic mass is 10.2. The van der Waals surface area contributed by atoms with Gasteiger partial charge < -0.3 is 14.8 Å². The van der Waals surface area contributed by atoms with Gasteiger partial charge in [0.2, 0.25) is 5.91 Å². The topological polar surface area (TPSA) is 91.6 Å². The Morgan fingerprint density at radius 2 is 1.68 bits per heavy atom. The number of amides is 1. The maximum atomic E-state index is 13.6. The molecule has 0 spiro atoms. The smallest absolute Gasteiger partial charge is 0.336 e. The lowest BCUT2D eigenvalue weighted by molar-refractivity contribution is -0.118. The second-order valence-corrected chi connectivity index (χ2v) is 7.96. The summed E-state index contributed by atoms with van der Waals surface area (Å²) >= 11 is 6.10. The maximum absolute atomic E-state index is 13.6. The molecule has 174 valence electrons. The molecule has 1 N–H and O–H groups in total. The van der Waals surface area contributed by atoms with E-state index >= 15 is 0 Å². The molecule has 1 amide bonds. The lowest BCUT2D eigenvalue weighted by Gasteiger charge is -2.20. The molecule has 34 heavy (non-hydrogen) atoms. The van der Waals surface area contributed by atoms with E-state index in [1.54, 1.807) is 67.6 Å². The van der Waals surface area contributed by atoms with Crippen molar-refractivity contribution in [2.75, 3.05) is 19.5 Å². The monoisotopic (exact) mass is 479 g/mol. The maximum Gasteiger partial charge on any atom is 0.336 e. The summed E-state index contributed by atoms with van der Waals surface area (Å²) in [5, 5.41) is 3.47. The average molecular weight is 480 g/mol. The van der Waals surface area contributed by atoms with E-state index in [0.29, 0.717) is 38.8 Å². The fraction of sp³-hybridized carbons (Fsp3) is 0.160. The molecule has 0 radical (unpaired) electrons. The number of nitrogens with one attached hydrogen (secondary N) is 1. The summed E-state index contributed by atoms with van der Waals surface area (Å²) in [4.78, 5) is 40.0. The summed E-state index contributed by atoms with van der Waals surface area (Å²) in [6.07, 6.45) is 0. The number of halogens is 1. The second-order valence-electron chi connectivity index (χ2n) is 7.53. The first kappa shape index (κ1) is 23.1. The van der Waals surface area contributed by atoms with E-state index in [-0.39, 0.29) is 0 Å². The molecule has 1 atom stereocenters. The van der Waals surface area contributed by atoms with Crippen LogP contribution in [0.1, 0.15) is 13.0 Å². The molecular formula is C25H22ClN3O5. The molecule has 0 bridgehead atoms. The molecular weight excluding hydrogens is 458 g/mol. The fourth-order valence-electron chi connectivity index (χ4n) is 3.78. The number of hydrogen-bond donors (Lipinski definition) is 1. The molecule has 0 unspecified atom stereocenters. The van der Waals surface area contributed by atoms with Crippen LogP contribution in [0.5, 0.6) is 11.5 Å². The zero-order chi connectivity index (χ0) is 24.4. The molecule has 0 saturated carbocycles. The van der Waals surface area contributed by atoms with Crippen LogP contribution in [0, 0.1) is 0 Å². The van der Waals surface area contributed by atoms with Crippen LogP contribution in [-0.4, -0.2) is 29.3 Å². The predicted molar refractivity (Wildman–Crippen MR) is 132 cm³/mol. The van der Waals surface area contributed by atoms with Crippen molar-refractivity contribution in [1.82, 2.24) is 9.13 Å². The summed E-state index contributed by atoms with van der Waals surface area (Å²) in [7, 11) is 3.02. The third-order valence-corrected chi connectivity index (χ3v) is 5.71. The number of fused-ring (bicyclic) bond motifs is 1. The van der Waals surface area contributed by atoms with E-state index in [0.717, 1.165) is 4.57 Å². The van der Waals surface area contributed by atoms with Crippen molar-refractivity contribution >= 4 is 34.1 Å². The minimum atomic E-state index is -0.948. The zero-order valence-corrected chi connectivity index (χ0v) is 19.5. The highest BCUT2D eigenvalue weighted by atomic mass is 35.5. The number of para-hydroxylation sites is 1. The van der Waals surface area contributed by atoms with Crippen molar-refractivity contribution in [1.29, 1.82) is 0 Å². The first-order valence-electron chi connectivity index (χ1n) is 10.4. The average Bonchev–Trinajstić information content (AvgIpc) is 2.84. The van der Waals surface area contributed by atoms with Gasteiger partial charge in [0.05, 0.1) is 30.8 Å². The van der Waals surface area contributed by atoms with Gasteiger partial charge >= 0.3 is 5.69 Å². The number of nitrogens with zero attached hydrogens (tertiary/aromatic N) is 2. The van der Waals surface area contributed by atoms with Gasteiger partial charge in [0, 0.05) is 16.8 Å². The number of carbonyl (C=O) groups excluding carboxylic acids is 1. The molecule has 0 saturated heterocycles. The van der Waals surface area contributed by atoms with Gasteiger partial charge in [-0.3, -0.25) is 14.2 Å². The molecule has 1 heterocycles. The highest BCUT2D eigenvalue weighted by Gasteiger charge is 2.23. The molecule has 0 fully saturated rings. The minimum Gasteiger partial charge on any atom is -0.493 e. The molecule has 0 aliphatic carbocycles. The van der Waals surface area contributed by atoms with Gasteiger partial charge in [-0.2, -0.15) is 0 Å². The minimum absolute atomic E-state index is 0.299. The first-order chi connectivity index (χ1) is 16.3. The van der Waals surface area contributed by atoms with Crippen LogP contribution >= 0.6 is 11.6 Å². The van der Waals surface area contributed by atoms with Crippen LogP contribution in [0.15, 0.2) is 76.3 Å². The van der Waals surface area contributed by atoms with Crippen molar-refractivity contribution in [3.8, 4) is 17.2 Å². The van der Waals surface area contributed by atoms with E-state index < -0.39 is 23.2 Å². The van der Waals surface area contributed by atoms with Crippen molar-refractivity contribution in [3.63, 3.8) is 0 Å². The summed E-state index contributed by atoms with van der Waals surface area (Å²) in [6, 6.07) is 17.1. The Morgan fingerprint density at radius 3 is 2.38 bits per heavy atom. The second kappa shape index (κ2) is 9.44. The molecule has 8 nitrogen and oxygen atoms in total. The summed E-state index contributed by atoms with van der Waals surface area (Å²) in [6.45, 7) is 1.59. The first-order valence-corrected chi connectivity index (χ1v) is 10.8. The number of rotatable bonds is 6. The quantitative estimate of drug-likeness (QED) is 0.451. The predicted octanol–water partition coefficient (Wildman–Crippen LogP) is 4.02. The van der Waals surface area contributed by atoms with Gasteiger partial charge in [0.1, 0.15) is 6.04 Å². The normalized spacial score (nSPS) is 11.8. The van der Waals surface area contributed by atoms with Crippen LogP contribution in [0.4, 0.5) is 5.69 Å². The molecule has 1 aromatic heterocycles. The molecule has 3 aromatic carbocycles. The Balaban J connectivity index is 1.83. The van der Waals surface area contributed by atoms with Gasteiger partial charge in [0.25, 0.3) is 5.56 Å². The molecule has 4 aromatic rings. The number of carbonyl (C=O) groups is 1. The highest BCUT2D eigenvalue weighted by molar-refractivity contribution is 6.30. The van der Waals surface area contributed by atoms with Gasteiger partial charge in [-0.25, -0.2) is 9.36 Å². The number of benzene rings is 3. The SMILES string of the molecule is COc1ccc(NC(=O)[C@H](C)n2c(=O)n(-c3cccc(Cl)c3)c(=O)c3ccccc32)cc1OC. The summed E-state index contributed by atoms with van der Waals surface area (Å²) < 4.78 is 12.8. The van der Waals surface area contributed by atoms with Crippen LogP contribution in [0.2, 0.25) is 5.02 Å². The number of hydrogen-bond acceptors (Lipinski definition) is 5. The van der Waals surface area contributed by atoms with Crippen LogP contribution < -0.4 is 26.0 Å². The lowest BCUT2D eigenvalue weighted by Crippen LogP contribution is -2.42. The Hall–Kier alpha value is -4.04. The zero-order valence-electron chi connectivity index (χ0n) is 18.7. The van der Waals surface area contributed by atoms with E-state index in [4.69, 9.17) is 21.1 Å². The third kappa shape index (κ3) is 4.15. The number of ether oxygens (including phenoxy) is 2. The van der Waals surface area contributed by atoms with Crippen LogP contribution in [0.3, 0.4) is 0 Å². The molecule has 4 rings (SSSR count). The standard InChI is InChI=1S/C25H22ClN3O5/c1-15(23(30)27-17-11-12-21(33-2)22(14-17)34-3)28-20-10-5-4-9-19(20)24(31)29(25(28)32)18-8-6-7-16(26)13-18/h4-15H,1-3H3,(H,27,30)/t15-/m0/s1. The summed E-state index contributed by atoms with van der Waals surface area (Å²) in [5.41, 5.74) is -0.0113. The highest BCUT2D eigenvalue weighted by Crippen LogP contribution is 2.30. The third-order valence-electron chi connectivity index (χ3n) is 5.48. The van der Waals surface area contributed by atoms with Crippen molar-refractivity contribution in [2.24, 2.45) is 0 Å². The van der Waals surface area contributed by atoms with Gasteiger partial charge in [-0.15, -0.1) is 0 Å². The number of methoxy groups -OCH3 is 2. The molecule has 9 heteroatoms.